The number of halogens is 1. The molecule has 0 aromatic heterocycles. The number of carbonyl (C=O) groups excluding carboxylic acids is 1. The van der Waals surface area contributed by atoms with Crippen LogP contribution in [0.5, 0.6) is 0 Å². The minimum Gasteiger partial charge on any atom is -0.360 e. The average molecular weight is 330 g/mol. The lowest BCUT2D eigenvalue weighted by Gasteiger charge is -2.18. The second kappa shape index (κ2) is 7.08. The van der Waals surface area contributed by atoms with Crippen LogP contribution in [-0.2, 0) is 4.79 Å². The van der Waals surface area contributed by atoms with Gasteiger partial charge in [-0.1, -0.05) is 22.9 Å². The molecule has 1 aromatic rings. The first-order valence-electron chi connectivity index (χ1n) is 5.87. The second-order valence-corrected chi connectivity index (χ2v) is 5.01. The number of amides is 1. The largest absolute Gasteiger partial charge is 0.360 e. The summed E-state index contributed by atoms with van der Waals surface area (Å²) in [6, 6.07) is 4.76. The van der Waals surface area contributed by atoms with Crippen LogP contribution in [0.4, 0.5) is 11.4 Å². The van der Waals surface area contributed by atoms with Gasteiger partial charge in [-0.05, 0) is 18.6 Å². The molecule has 6 nitrogen and oxygen atoms in total. The zero-order valence-corrected chi connectivity index (χ0v) is 12.4. The fourth-order valence-electron chi connectivity index (χ4n) is 1.59. The molecule has 0 aliphatic carbocycles. The molecule has 0 aliphatic heterocycles. The average Bonchev–Trinajstić information content (AvgIpc) is 2.35. The fourth-order valence-corrected chi connectivity index (χ4v) is 1.94. The standard InChI is InChI=1S/C12H16BrN3O3/c1-3-6-14-12(17)8-15(2)10-5-4-9(13)7-11(10)16(18)19/h4-5,7H,3,6,8H2,1-2H3,(H,14,17). The summed E-state index contributed by atoms with van der Waals surface area (Å²) in [6.45, 7) is 2.65. The lowest BCUT2D eigenvalue weighted by atomic mass is 10.2. The van der Waals surface area contributed by atoms with Gasteiger partial charge in [0.05, 0.1) is 11.5 Å². The maximum Gasteiger partial charge on any atom is 0.293 e. The van der Waals surface area contributed by atoms with Crippen LogP contribution in [0.25, 0.3) is 0 Å². The number of anilines is 1. The molecule has 0 unspecified atom stereocenters. The molecule has 0 saturated carbocycles. The summed E-state index contributed by atoms with van der Waals surface area (Å²) in [4.78, 5) is 23.7. The Hall–Kier alpha value is -1.63. The molecule has 104 valence electrons. The molecule has 7 heteroatoms. The van der Waals surface area contributed by atoms with Crippen LogP contribution in [0.1, 0.15) is 13.3 Å². The third-order valence-electron chi connectivity index (χ3n) is 2.50. The molecular weight excluding hydrogens is 314 g/mol. The fraction of sp³-hybridized carbons (Fsp3) is 0.417. The smallest absolute Gasteiger partial charge is 0.293 e. The number of hydrogen-bond donors (Lipinski definition) is 1. The molecule has 1 amide bonds. The molecule has 19 heavy (non-hydrogen) atoms. The van der Waals surface area contributed by atoms with E-state index < -0.39 is 4.92 Å². The van der Waals surface area contributed by atoms with Gasteiger partial charge in [-0.3, -0.25) is 14.9 Å². The van der Waals surface area contributed by atoms with Crippen molar-refractivity contribution in [3.8, 4) is 0 Å². The van der Waals surface area contributed by atoms with Crippen LogP contribution in [0.3, 0.4) is 0 Å². The van der Waals surface area contributed by atoms with E-state index in [1.165, 1.54) is 6.07 Å². The van der Waals surface area contributed by atoms with Gasteiger partial charge in [0, 0.05) is 24.1 Å². The highest BCUT2D eigenvalue weighted by Gasteiger charge is 2.18. The Morgan fingerprint density at radius 3 is 2.79 bits per heavy atom. The van der Waals surface area contributed by atoms with Crippen molar-refractivity contribution in [2.45, 2.75) is 13.3 Å². The Bertz CT molecular complexity index is 479. The van der Waals surface area contributed by atoms with Crippen molar-refractivity contribution in [1.82, 2.24) is 5.32 Å². The van der Waals surface area contributed by atoms with Gasteiger partial charge in [0.25, 0.3) is 5.69 Å². The maximum atomic E-state index is 11.6. The third kappa shape index (κ3) is 4.51. The summed E-state index contributed by atoms with van der Waals surface area (Å²) in [5.41, 5.74) is 0.389. The molecule has 1 rings (SSSR count). The number of nitrogens with zero attached hydrogens (tertiary/aromatic N) is 2. The van der Waals surface area contributed by atoms with Crippen LogP contribution < -0.4 is 10.2 Å². The van der Waals surface area contributed by atoms with Crippen molar-refractivity contribution in [1.29, 1.82) is 0 Å². The summed E-state index contributed by atoms with van der Waals surface area (Å²) >= 11 is 3.20. The van der Waals surface area contributed by atoms with E-state index in [1.54, 1.807) is 24.1 Å². The third-order valence-corrected chi connectivity index (χ3v) is 2.99. The number of hydrogen-bond acceptors (Lipinski definition) is 4. The number of nitrogens with one attached hydrogen (secondary N) is 1. The summed E-state index contributed by atoms with van der Waals surface area (Å²) in [7, 11) is 1.65. The molecule has 0 aliphatic rings. The molecular formula is C12H16BrN3O3. The lowest BCUT2D eigenvalue weighted by Crippen LogP contribution is -2.35. The van der Waals surface area contributed by atoms with Crippen molar-refractivity contribution >= 4 is 33.2 Å². The Morgan fingerprint density at radius 1 is 1.53 bits per heavy atom. The molecule has 0 radical (unpaired) electrons. The van der Waals surface area contributed by atoms with Crippen LogP contribution in [0.15, 0.2) is 22.7 Å². The highest BCUT2D eigenvalue weighted by atomic mass is 79.9. The van der Waals surface area contributed by atoms with Gasteiger partial charge in [0.15, 0.2) is 0 Å². The Morgan fingerprint density at radius 2 is 2.21 bits per heavy atom. The first kappa shape index (κ1) is 15.4. The quantitative estimate of drug-likeness (QED) is 0.642. The van der Waals surface area contributed by atoms with Gasteiger partial charge in [0.2, 0.25) is 5.91 Å². The number of rotatable bonds is 6. The van der Waals surface area contributed by atoms with Crippen LogP contribution >= 0.6 is 15.9 Å². The topological polar surface area (TPSA) is 75.5 Å². The van der Waals surface area contributed by atoms with Crippen molar-refractivity contribution in [2.24, 2.45) is 0 Å². The van der Waals surface area contributed by atoms with E-state index in [1.807, 2.05) is 6.92 Å². The Kier molecular flexibility index (Phi) is 5.75. The SMILES string of the molecule is CCCNC(=O)CN(C)c1ccc(Br)cc1[N+](=O)[O-]. The number of carbonyl (C=O) groups is 1. The minimum atomic E-state index is -0.458. The van der Waals surface area contributed by atoms with Crippen molar-refractivity contribution in [3.63, 3.8) is 0 Å². The number of likely N-dealkylation sites (N-methyl/N-ethyl adjacent to an activating group) is 1. The first-order chi connectivity index (χ1) is 8.95. The Labute approximate surface area is 120 Å². The van der Waals surface area contributed by atoms with Gasteiger partial charge >= 0.3 is 0 Å². The van der Waals surface area contributed by atoms with Gasteiger partial charge < -0.3 is 10.2 Å². The predicted molar refractivity (Wildman–Crippen MR) is 77.4 cm³/mol. The molecule has 1 aromatic carbocycles. The van der Waals surface area contributed by atoms with Crippen LogP contribution in [0, 0.1) is 10.1 Å². The highest BCUT2D eigenvalue weighted by molar-refractivity contribution is 9.10. The van der Waals surface area contributed by atoms with E-state index in [0.29, 0.717) is 16.7 Å². The molecule has 0 bridgehead atoms. The van der Waals surface area contributed by atoms with Gasteiger partial charge in [-0.25, -0.2) is 0 Å². The molecule has 0 saturated heterocycles. The number of nitro benzene ring substituents is 1. The molecule has 0 spiro atoms. The minimum absolute atomic E-state index is 0.0276. The maximum absolute atomic E-state index is 11.6. The van der Waals surface area contributed by atoms with Gasteiger partial charge in [-0.2, -0.15) is 0 Å². The molecule has 0 fully saturated rings. The number of benzene rings is 1. The first-order valence-corrected chi connectivity index (χ1v) is 6.66. The molecule has 0 atom stereocenters. The summed E-state index contributed by atoms with van der Waals surface area (Å²) < 4.78 is 0.631. The van der Waals surface area contributed by atoms with E-state index in [-0.39, 0.29) is 18.1 Å². The van der Waals surface area contributed by atoms with Gasteiger partial charge in [0.1, 0.15) is 5.69 Å². The van der Waals surface area contributed by atoms with Crippen molar-refractivity contribution < 1.29 is 9.72 Å². The van der Waals surface area contributed by atoms with Crippen LogP contribution in [-0.4, -0.2) is 31.0 Å². The second-order valence-electron chi connectivity index (χ2n) is 4.10. The van der Waals surface area contributed by atoms with E-state index >= 15 is 0 Å². The lowest BCUT2D eigenvalue weighted by molar-refractivity contribution is -0.384. The normalized spacial score (nSPS) is 10.1. The number of nitro groups is 1. The van der Waals surface area contributed by atoms with E-state index in [4.69, 9.17) is 0 Å². The van der Waals surface area contributed by atoms with Crippen LogP contribution in [0.2, 0.25) is 0 Å². The summed E-state index contributed by atoms with van der Waals surface area (Å²) in [5, 5.41) is 13.7. The highest BCUT2D eigenvalue weighted by Crippen LogP contribution is 2.30. The molecule has 1 N–H and O–H groups in total. The monoisotopic (exact) mass is 329 g/mol. The van der Waals surface area contributed by atoms with E-state index in [9.17, 15) is 14.9 Å². The van der Waals surface area contributed by atoms with E-state index in [0.717, 1.165) is 6.42 Å². The van der Waals surface area contributed by atoms with Gasteiger partial charge in [-0.15, -0.1) is 0 Å². The van der Waals surface area contributed by atoms with E-state index in [2.05, 4.69) is 21.2 Å². The predicted octanol–water partition coefficient (Wildman–Crippen LogP) is 2.32. The van der Waals surface area contributed by atoms with Crippen molar-refractivity contribution in [2.75, 3.05) is 25.0 Å². The summed E-state index contributed by atoms with van der Waals surface area (Å²) in [5.74, 6) is -0.151. The molecule has 0 heterocycles. The zero-order valence-electron chi connectivity index (χ0n) is 10.9. The Balaban J connectivity index is 2.84. The van der Waals surface area contributed by atoms with Crippen molar-refractivity contribution in [3.05, 3.63) is 32.8 Å². The summed E-state index contributed by atoms with van der Waals surface area (Å²) in [6.07, 6.45) is 0.855. The zero-order chi connectivity index (χ0) is 14.4.